The van der Waals surface area contributed by atoms with Crippen molar-refractivity contribution in [2.45, 2.75) is 12.5 Å². The number of likely N-dealkylation sites (N-methyl/N-ethyl adjacent to an activating group) is 1. The zero-order valence-corrected chi connectivity index (χ0v) is 12.1. The van der Waals surface area contributed by atoms with Crippen molar-refractivity contribution < 1.29 is 8.78 Å². The smallest absolute Gasteiger partial charge is 0.162 e. The molecule has 0 spiro atoms. The summed E-state index contributed by atoms with van der Waals surface area (Å²) in [5.41, 5.74) is 1.44. The molecule has 0 radical (unpaired) electrons. The van der Waals surface area contributed by atoms with Gasteiger partial charge in [0.15, 0.2) is 11.6 Å². The fourth-order valence-electron chi connectivity index (χ4n) is 1.83. The van der Waals surface area contributed by atoms with Gasteiger partial charge >= 0.3 is 0 Å². The second-order valence-electron chi connectivity index (χ2n) is 3.93. The minimum absolute atomic E-state index is 0.0399. The quantitative estimate of drug-likeness (QED) is 0.881. The number of halogens is 3. The van der Waals surface area contributed by atoms with Crippen LogP contribution in [0.4, 0.5) is 8.78 Å². The summed E-state index contributed by atoms with van der Waals surface area (Å²) in [7, 11) is 1.81. The van der Waals surface area contributed by atoms with Crippen molar-refractivity contribution in [3.8, 4) is 0 Å². The van der Waals surface area contributed by atoms with Gasteiger partial charge in [0.05, 0.1) is 0 Å². The summed E-state index contributed by atoms with van der Waals surface area (Å²) in [4.78, 5) is 0. The highest BCUT2D eigenvalue weighted by Gasteiger charge is 2.17. The molecule has 1 nitrogen and oxygen atoms in total. The molecule has 0 aliphatic heterocycles. The molecule has 1 heterocycles. The van der Waals surface area contributed by atoms with Crippen LogP contribution in [0.15, 0.2) is 33.4 Å². The minimum atomic E-state index is -0.799. The second-order valence-corrected chi connectivity index (χ2v) is 5.53. The zero-order valence-electron chi connectivity index (χ0n) is 9.71. The lowest BCUT2D eigenvalue weighted by atomic mass is 10.0. The Bertz CT molecular complexity index is 542. The van der Waals surface area contributed by atoms with Crippen LogP contribution in [0.5, 0.6) is 0 Å². The average molecular weight is 332 g/mol. The molecular weight excluding hydrogens is 320 g/mol. The predicted molar refractivity (Wildman–Crippen MR) is 73.9 cm³/mol. The van der Waals surface area contributed by atoms with Crippen molar-refractivity contribution >= 4 is 27.3 Å². The van der Waals surface area contributed by atoms with Crippen LogP contribution in [-0.2, 0) is 6.42 Å². The first-order chi connectivity index (χ1) is 8.63. The average Bonchev–Trinajstić information content (AvgIpc) is 2.77. The molecule has 0 amide bonds. The van der Waals surface area contributed by atoms with E-state index in [-0.39, 0.29) is 6.04 Å². The van der Waals surface area contributed by atoms with Crippen molar-refractivity contribution in [1.29, 1.82) is 0 Å². The molecule has 1 N–H and O–H groups in total. The molecule has 18 heavy (non-hydrogen) atoms. The molecule has 0 aliphatic carbocycles. The first-order valence-electron chi connectivity index (χ1n) is 5.45. The Hall–Kier alpha value is -0.780. The van der Waals surface area contributed by atoms with Crippen molar-refractivity contribution in [3.63, 3.8) is 0 Å². The van der Waals surface area contributed by atoms with Gasteiger partial charge in [0.1, 0.15) is 0 Å². The van der Waals surface area contributed by atoms with Gasteiger partial charge < -0.3 is 5.32 Å². The Kier molecular flexibility index (Phi) is 4.48. The van der Waals surface area contributed by atoms with E-state index in [0.29, 0.717) is 12.0 Å². The van der Waals surface area contributed by atoms with Gasteiger partial charge in [-0.3, -0.25) is 0 Å². The van der Waals surface area contributed by atoms with Crippen molar-refractivity contribution in [2.75, 3.05) is 7.05 Å². The molecule has 0 fully saturated rings. The summed E-state index contributed by atoms with van der Waals surface area (Å²) >= 11 is 5.03. The lowest BCUT2D eigenvalue weighted by Gasteiger charge is -2.16. The van der Waals surface area contributed by atoms with Gasteiger partial charge in [-0.1, -0.05) is 12.1 Å². The maximum absolute atomic E-state index is 13.6. The van der Waals surface area contributed by atoms with Gasteiger partial charge in [-0.2, -0.15) is 11.3 Å². The summed E-state index contributed by atoms with van der Waals surface area (Å²) in [6.07, 6.45) is 0.412. The van der Waals surface area contributed by atoms with Crippen molar-refractivity contribution in [1.82, 2.24) is 5.32 Å². The van der Waals surface area contributed by atoms with E-state index in [1.54, 1.807) is 17.4 Å². The Labute approximate surface area is 117 Å². The summed E-state index contributed by atoms with van der Waals surface area (Å²) in [5.74, 6) is -1.56. The first-order valence-corrected chi connectivity index (χ1v) is 7.18. The molecule has 0 saturated carbocycles. The standard InChI is InChI=1S/C13H12BrF2NS/c1-17-12(9-6-18-7-10(9)14)5-8-3-2-4-11(15)13(8)16/h2-4,6-7,12,17H,5H2,1H3. The van der Waals surface area contributed by atoms with Crippen LogP contribution in [-0.4, -0.2) is 7.05 Å². The van der Waals surface area contributed by atoms with E-state index in [9.17, 15) is 8.78 Å². The molecule has 0 bridgehead atoms. The molecule has 5 heteroatoms. The molecule has 96 valence electrons. The maximum Gasteiger partial charge on any atom is 0.162 e. The van der Waals surface area contributed by atoms with Crippen LogP contribution < -0.4 is 5.32 Å². The van der Waals surface area contributed by atoms with Gasteiger partial charge in [0, 0.05) is 15.9 Å². The molecule has 1 atom stereocenters. The summed E-state index contributed by atoms with van der Waals surface area (Å²) in [5, 5.41) is 7.10. The molecular formula is C13H12BrF2NS. The third-order valence-electron chi connectivity index (χ3n) is 2.82. The molecule has 0 aliphatic rings. The van der Waals surface area contributed by atoms with E-state index >= 15 is 0 Å². The van der Waals surface area contributed by atoms with E-state index in [1.807, 2.05) is 17.8 Å². The highest BCUT2D eigenvalue weighted by atomic mass is 79.9. The van der Waals surface area contributed by atoms with E-state index < -0.39 is 11.6 Å². The number of nitrogens with one attached hydrogen (secondary N) is 1. The monoisotopic (exact) mass is 331 g/mol. The number of hydrogen-bond acceptors (Lipinski definition) is 2. The minimum Gasteiger partial charge on any atom is -0.313 e. The first kappa shape index (κ1) is 13.6. The topological polar surface area (TPSA) is 12.0 Å². The summed E-state index contributed by atoms with van der Waals surface area (Å²) < 4.78 is 27.8. The van der Waals surface area contributed by atoms with E-state index in [1.165, 1.54) is 6.07 Å². The fourth-order valence-corrected chi connectivity index (χ4v) is 3.46. The zero-order chi connectivity index (χ0) is 13.1. The number of thiophene rings is 1. The molecule has 1 aromatic carbocycles. The van der Waals surface area contributed by atoms with Gasteiger partial charge in [-0.05, 0) is 52.0 Å². The summed E-state index contributed by atoms with van der Waals surface area (Å²) in [6.45, 7) is 0. The third kappa shape index (κ3) is 2.79. The largest absolute Gasteiger partial charge is 0.313 e. The fraction of sp³-hybridized carbons (Fsp3) is 0.231. The third-order valence-corrected chi connectivity index (χ3v) is 4.57. The van der Waals surface area contributed by atoms with Crippen molar-refractivity contribution in [3.05, 3.63) is 56.2 Å². The highest BCUT2D eigenvalue weighted by molar-refractivity contribution is 9.10. The number of rotatable bonds is 4. The molecule has 2 aromatic rings. The van der Waals surface area contributed by atoms with Crippen LogP contribution in [0, 0.1) is 11.6 Å². The second kappa shape index (κ2) is 5.91. The van der Waals surface area contributed by atoms with Gasteiger partial charge in [-0.15, -0.1) is 0 Å². The van der Waals surface area contributed by atoms with Crippen LogP contribution in [0.1, 0.15) is 17.2 Å². The van der Waals surface area contributed by atoms with E-state index in [2.05, 4.69) is 21.2 Å². The number of hydrogen-bond donors (Lipinski definition) is 1. The maximum atomic E-state index is 13.6. The van der Waals surface area contributed by atoms with Gasteiger partial charge in [0.2, 0.25) is 0 Å². The Morgan fingerprint density at radius 3 is 2.72 bits per heavy atom. The summed E-state index contributed by atoms with van der Waals surface area (Å²) in [6, 6.07) is 4.24. The molecule has 0 saturated heterocycles. The van der Waals surface area contributed by atoms with Crippen LogP contribution in [0.3, 0.4) is 0 Å². The SMILES string of the molecule is CNC(Cc1cccc(F)c1F)c1cscc1Br. The number of benzene rings is 1. The molecule has 1 aromatic heterocycles. The van der Waals surface area contributed by atoms with Crippen LogP contribution in [0.2, 0.25) is 0 Å². The predicted octanol–water partition coefficient (Wildman–Crippen LogP) is 4.29. The molecule has 1 unspecified atom stereocenters. The van der Waals surface area contributed by atoms with Crippen LogP contribution >= 0.6 is 27.3 Å². The Morgan fingerprint density at radius 1 is 1.33 bits per heavy atom. The molecule has 2 rings (SSSR count). The highest BCUT2D eigenvalue weighted by Crippen LogP contribution is 2.30. The van der Waals surface area contributed by atoms with Crippen LogP contribution in [0.25, 0.3) is 0 Å². The normalized spacial score (nSPS) is 12.7. The lowest BCUT2D eigenvalue weighted by Crippen LogP contribution is -2.19. The lowest BCUT2D eigenvalue weighted by molar-refractivity contribution is 0.487. The van der Waals surface area contributed by atoms with E-state index in [0.717, 1.165) is 16.1 Å². The Morgan fingerprint density at radius 2 is 2.11 bits per heavy atom. The van der Waals surface area contributed by atoms with Crippen molar-refractivity contribution in [2.24, 2.45) is 0 Å². The van der Waals surface area contributed by atoms with Gasteiger partial charge in [-0.25, -0.2) is 8.78 Å². The van der Waals surface area contributed by atoms with Gasteiger partial charge in [0.25, 0.3) is 0 Å². The Balaban J connectivity index is 2.26. The van der Waals surface area contributed by atoms with E-state index in [4.69, 9.17) is 0 Å².